The van der Waals surface area contributed by atoms with Gasteiger partial charge in [0.25, 0.3) is 0 Å². The molecule has 0 aliphatic heterocycles. The summed E-state index contributed by atoms with van der Waals surface area (Å²) >= 11 is 1.16. The van der Waals surface area contributed by atoms with E-state index in [1.807, 2.05) is 6.92 Å². The number of carbonyl (C=O) groups is 3. The number of aliphatic carboxylic acids is 1. The van der Waals surface area contributed by atoms with Crippen molar-refractivity contribution in [2.75, 3.05) is 11.9 Å². The summed E-state index contributed by atoms with van der Waals surface area (Å²) in [6, 6.07) is 5.71. The summed E-state index contributed by atoms with van der Waals surface area (Å²) < 4.78 is 18.6. The summed E-state index contributed by atoms with van der Waals surface area (Å²) in [5.41, 5.74) is 1.36. The van der Waals surface area contributed by atoms with Crippen LogP contribution < -0.4 is 5.32 Å². The second-order valence-electron chi connectivity index (χ2n) is 7.32. The lowest BCUT2D eigenvalue weighted by Crippen LogP contribution is -2.36. The molecule has 0 radical (unpaired) electrons. The van der Waals surface area contributed by atoms with Crippen molar-refractivity contribution in [2.45, 2.75) is 39.0 Å². The highest BCUT2D eigenvalue weighted by molar-refractivity contribution is 7.15. The molecule has 0 unspecified atom stereocenters. The highest BCUT2D eigenvalue weighted by atomic mass is 32.1. The Hall–Kier alpha value is -2.74. The molecule has 1 aromatic heterocycles. The Kier molecular flexibility index (Phi) is 7.20. The third-order valence-electron chi connectivity index (χ3n) is 5.24. The van der Waals surface area contributed by atoms with Crippen LogP contribution in [0.25, 0.3) is 11.1 Å². The van der Waals surface area contributed by atoms with Crippen molar-refractivity contribution in [3.8, 4) is 11.1 Å². The molecule has 3 rings (SSSR count). The molecule has 0 bridgehead atoms. The highest BCUT2D eigenvalue weighted by Crippen LogP contribution is 2.38. The number of amides is 1. The predicted molar refractivity (Wildman–Crippen MR) is 112 cm³/mol. The number of carbonyl (C=O) groups excluding carboxylic acids is 2. The molecule has 1 aromatic carbocycles. The van der Waals surface area contributed by atoms with Gasteiger partial charge < -0.3 is 15.2 Å². The number of ether oxygens (including phenoxy) is 1. The molecule has 2 N–H and O–H groups in total. The minimum atomic E-state index is -0.976. The molecule has 30 heavy (non-hydrogen) atoms. The lowest BCUT2D eigenvalue weighted by molar-refractivity contribution is -0.147. The maximum atomic E-state index is 13.3. The predicted octanol–water partition coefficient (Wildman–Crippen LogP) is 4.95. The van der Waals surface area contributed by atoms with Gasteiger partial charge in [0.05, 0.1) is 18.4 Å². The van der Waals surface area contributed by atoms with Gasteiger partial charge in [-0.05, 0) is 37.0 Å². The first kappa shape index (κ1) is 22.0. The van der Waals surface area contributed by atoms with Gasteiger partial charge in [0, 0.05) is 10.9 Å². The van der Waals surface area contributed by atoms with Crippen LogP contribution in [0.2, 0.25) is 0 Å². The van der Waals surface area contributed by atoms with Crippen LogP contribution in [-0.4, -0.2) is 29.6 Å². The topological polar surface area (TPSA) is 92.7 Å². The van der Waals surface area contributed by atoms with Crippen molar-refractivity contribution in [2.24, 2.45) is 11.8 Å². The Labute approximate surface area is 178 Å². The van der Waals surface area contributed by atoms with Crippen molar-refractivity contribution in [3.05, 3.63) is 41.0 Å². The average molecular weight is 434 g/mol. The summed E-state index contributed by atoms with van der Waals surface area (Å²) in [6.07, 6.45) is 3.17. The van der Waals surface area contributed by atoms with E-state index in [1.165, 1.54) is 12.1 Å². The van der Waals surface area contributed by atoms with E-state index in [-0.39, 0.29) is 12.2 Å². The largest absolute Gasteiger partial charge is 0.481 e. The molecule has 8 heteroatoms. The van der Waals surface area contributed by atoms with E-state index in [0.717, 1.165) is 24.2 Å². The minimum absolute atomic E-state index is 0.205. The van der Waals surface area contributed by atoms with Gasteiger partial charge in [-0.1, -0.05) is 31.9 Å². The Morgan fingerprint density at radius 3 is 2.47 bits per heavy atom. The number of esters is 1. The first-order chi connectivity index (χ1) is 14.4. The first-order valence-corrected chi connectivity index (χ1v) is 10.9. The minimum Gasteiger partial charge on any atom is -0.481 e. The molecule has 1 saturated carbocycles. The van der Waals surface area contributed by atoms with Crippen molar-refractivity contribution >= 4 is 34.2 Å². The Morgan fingerprint density at radius 1 is 1.17 bits per heavy atom. The number of hydrogen-bond donors (Lipinski definition) is 2. The van der Waals surface area contributed by atoms with Crippen molar-refractivity contribution < 1.29 is 28.6 Å². The molecular formula is C22H24FNO5S. The molecule has 0 spiro atoms. The summed E-state index contributed by atoms with van der Waals surface area (Å²) in [7, 11) is 0. The Morgan fingerprint density at radius 2 is 1.83 bits per heavy atom. The van der Waals surface area contributed by atoms with E-state index in [0.29, 0.717) is 35.4 Å². The van der Waals surface area contributed by atoms with Crippen molar-refractivity contribution in [1.82, 2.24) is 0 Å². The summed E-state index contributed by atoms with van der Waals surface area (Å²) in [4.78, 5) is 37.2. The number of anilines is 1. The molecule has 1 heterocycles. The fourth-order valence-corrected chi connectivity index (χ4v) is 4.67. The van der Waals surface area contributed by atoms with E-state index in [2.05, 4.69) is 5.32 Å². The maximum absolute atomic E-state index is 13.3. The van der Waals surface area contributed by atoms with Crippen LogP contribution in [-0.2, 0) is 14.3 Å². The van der Waals surface area contributed by atoms with E-state index < -0.39 is 35.5 Å². The third kappa shape index (κ3) is 4.87. The van der Waals surface area contributed by atoms with Crippen LogP contribution in [0.15, 0.2) is 29.6 Å². The zero-order chi connectivity index (χ0) is 21.7. The van der Waals surface area contributed by atoms with Crippen LogP contribution in [0.4, 0.5) is 9.39 Å². The summed E-state index contributed by atoms with van der Waals surface area (Å²) in [6.45, 7) is 2.11. The second kappa shape index (κ2) is 9.84. The van der Waals surface area contributed by atoms with E-state index in [4.69, 9.17) is 4.74 Å². The van der Waals surface area contributed by atoms with E-state index in [1.54, 1.807) is 17.5 Å². The molecule has 1 amide bonds. The van der Waals surface area contributed by atoms with Crippen LogP contribution in [0, 0.1) is 17.7 Å². The van der Waals surface area contributed by atoms with Gasteiger partial charge in [-0.2, -0.15) is 0 Å². The van der Waals surface area contributed by atoms with Crippen LogP contribution in [0.5, 0.6) is 0 Å². The fraction of sp³-hybridized carbons (Fsp3) is 0.409. The van der Waals surface area contributed by atoms with Crippen molar-refractivity contribution in [3.63, 3.8) is 0 Å². The van der Waals surface area contributed by atoms with Crippen molar-refractivity contribution in [1.29, 1.82) is 0 Å². The molecular weight excluding hydrogens is 409 g/mol. The number of hydrogen-bond acceptors (Lipinski definition) is 5. The lowest BCUT2D eigenvalue weighted by atomic mass is 9.79. The smallest absolute Gasteiger partial charge is 0.341 e. The summed E-state index contributed by atoms with van der Waals surface area (Å²) in [5.74, 6) is -3.73. The molecule has 1 fully saturated rings. The van der Waals surface area contributed by atoms with Crippen LogP contribution >= 0.6 is 11.3 Å². The molecule has 1 aliphatic rings. The number of halogens is 1. The van der Waals surface area contributed by atoms with Gasteiger partial charge in [0.15, 0.2) is 0 Å². The van der Waals surface area contributed by atoms with Gasteiger partial charge in [-0.3, -0.25) is 9.59 Å². The number of benzene rings is 1. The SMILES string of the molecule is CCCOC(=O)c1c(-c2ccc(F)cc2)csc1NC(=O)[C@@H]1CCCC[C@H]1C(=O)O. The summed E-state index contributed by atoms with van der Waals surface area (Å²) in [5, 5.41) is 14.2. The highest BCUT2D eigenvalue weighted by Gasteiger charge is 2.36. The van der Waals surface area contributed by atoms with E-state index in [9.17, 15) is 23.9 Å². The van der Waals surface area contributed by atoms with Crippen LogP contribution in [0.1, 0.15) is 49.4 Å². The monoisotopic (exact) mass is 433 g/mol. The average Bonchev–Trinajstić information content (AvgIpc) is 3.16. The number of rotatable bonds is 7. The third-order valence-corrected chi connectivity index (χ3v) is 6.14. The van der Waals surface area contributed by atoms with Crippen LogP contribution in [0.3, 0.4) is 0 Å². The van der Waals surface area contributed by atoms with E-state index >= 15 is 0 Å². The Bertz CT molecular complexity index is 924. The number of nitrogens with one attached hydrogen (secondary N) is 1. The first-order valence-electron chi connectivity index (χ1n) is 10.0. The zero-order valence-corrected chi connectivity index (χ0v) is 17.5. The quantitative estimate of drug-likeness (QED) is 0.603. The van der Waals surface area contributed by atoms with Gasteiger partial charge in [-0.25, -0.2) is 9.18 Å². The molecule has 6 nitrogen and oxygen atoms in total. The van der Waals surface area contributed by atoms with Gasteiger partial charge in [0.1, 0.15) is 16.4 Å². The van der Waals surface area contributed by atoms with Gasteiger partial charge >= 0.3 is 11.9 Å². The molecule has 2 atom stereocenters. The zero-order valence-electron chi connectivity index (χ0n) is 16.7. The number of carboxylic acid groups (broad SMARTS) is 1. The fourth-order valence-electron chi connectivity index (χ4n) is 3.71. The molecule has 1 aliphatic carbocycles. The molecule has 160 valence electrons. The lowest BCUT2D eigenvalue weighted by Gasteiger charge is -2.27. The van der Waals surface area contributed by atoms with Gasteiger partial charge in [-0.15, -0.1) is 11.3 Å². The molecule has 2 aromatic rings. The maximum Gasteiger partial charge on any atom is 0.341 e. The Balaban J connectivity index is 1.91. The normalized spacial score (nSPS) is 18.6. The number of carboxylic acids is 1. The second-order valence-corrected chi connectivity index (χ2v) is 8.20. The standard InChI is InChI=1S/C22H24FNO5S/c1-2-11-29-22(28)18-17(13-7-9-14(23)10-8-13)12-30-20(18)24-19(25)15-5-3-4-6-16(15)21(26)27/h7-10,12,15-16H,2-6,11H2,1H3,(H,24,25)(H,26,27)/t15-,16-/m1/s1. The number of thiophene rings is 1. The molecule has 0 saturated heterocycles. The van der Waals surface area contributed by atoms with Gasteiger partial charge in [0.2, 0.25) is 5.91 Å².